The number of aliphatic imine (C=N–C) groups is 1. The maximum Gasteiger partial charge on any atom is 0.475 e. The normalized spacial score (nSPS) is 14.1. The van der Waals surface area contributed by atoms with E-state index >= 15 is 0 Å². The van der Waals surface area contributed by atoms with Crippen molar-refractivity contribution in [2.24, 2.45) is 22.1 Å². The first kappa shape index (κ1) is 27.6. The Morgan fingerprint density at radius 3 is 2.30 bits per heavy atom. The number of nitrogens with two attached hydrogens (primary N) is 1. The highest BCUT2D eigenvalue weighted by molar-refractivity contribution is 6.43. The summed E-state index contributed by atoms with van der Waals surface area (Å²) in [6.45, 7) is 9.54. The van der Waals surface area contributed by atoms with Crippen molar-refractivity contribution >= 4 is 24.9 Å². The van der Waals surface area contributed by atoms with E-state index in [-0.39, 0.29) is 42.6 Å². The third-order valence-electron chi connectivity index (χ3n) is 3.89. The first-order valence-electron chi connectivity index (χ1n) is 9.88. The van der Waals surface area contributed by atoms with Crippen molar-refractivity contribution < 1.29 is 24.7 Å². The average molecular weight is 430 g/mol. The highest BCUT2D eigenvalue weighted by Crippen LogP contribution is 2.18. The number of carbonyl (C=O) groups excluding carboxylic acids is 2. The van der Waals surface area contributed by atoms with Crippen molar-refractivity contribution in [1.29, 1.82) is 0 Å². The summed E-state index contributed by atoms with van der Waals surface area (Å²) < 4.78 is 0. The van der Waals surface area contributed by atoms with Crippen LogP contribution >= 0.6 is 0 Å². The van der Waals surface area contributed by atoms with Crippen molar-refractivity contribution in [1.82, 2.24) is 16.1 Å². The summed E-state index contributed by atoms with van der Waals surface area (Å²) in [6, 6.07) is -0.923. The zero-order chi connectivity index (χ0) is 23.5. The van der Waals surface area contributed by atoms with E-state index < -0.39 is 30.0 Å². The van der Waals surface area contributed by atoms with Gasteiger partial charge in [-0.3, -0.25) is 9.59 Å². The molecule has 0 aromatic rings. The van der Waals surface area contributed by atoms with Crippen LogP contribution in [0.2, 0.25) is 0 Å². The van der Waals surface area contributed by atoms with Gasteiger partial charge < -0.3 is 26.4 Å². The summed E-state index contributed by atoms with van der Waals surface area (Å²) in [4.78, 5) is 39.1. The fraction of sp³-hybridized carbons (Fsp3) is 0.824. The van der Waals surface area contributed by atoms with E-state index in [0.717, 1.165) is 0 Å². The summed E-state index contributed by atoms with van der Waals surface area (Å²) in [5.74, 6) is -1.99. The highest BCUT2D eigenvalue weighted by atomic mass is 16.7. The van der Waals surface area contributed by atoms with Crippen LogP contribution < -0.4 is 21.8 Å². The number of nitro groups is 1. The highest BCUT2D eigenvalue weighted by Gasteiger charge is 2.30. The summed E-state index contributed by atoms with van der Waals surface area (Å²) in [6.07, 6.45) is 1.05. The van der Waals surface area contributed by atoms with Gasteiger partial charge in [-0.2, -0.15) is 0 Å². The molecule has 2 amide bonds. The molecule has 0 aliphatic carbocycles. The van der Waals surface area contributed by atoms with Crippen molar-refractivity contribution in [3.8, 4) is 0 Å². The Labute approximate surface area is 177 Å². The van der Waals surface area contributed by atoms with E-state index in [1.165, 1.54) is 0 Å². The number of guanidine groups is 1. The van der Waals surface area contributed by atoms with E-state index in [0.29, 0.717) is 12.8 Å². The molecule has 0 unspecified atom stereocenters. The molecule has 0 saturated carbocycles. The van der Waals surface area contributed by atoms with Crippen LogP contribution in [0.25, 0.3) is 0 Å². The number of carbonyl (C=O) groups is 2. The van der Waals surface area contributed by atoms with Crippen LogP contribution in [0, 0.1) is 21.4 Å². The van der Waals surface area contributed by atoms with Gasteiger partial charge in [0.15, 0.2) is 5.03 Å². The summed E-state index contributed by atoms with van der Waals surface area (Å²) in [7, 11) is -1.74. The standard InChI is InChI=1S/C17H35BN6O6/c1-11(2)9-13(18(27)28)22-15(26)12(21-14(25)10-17(3,4)5)7-6-8-20-16(19)23-24(29)30/h11-13,27-28H,6-10H2,1-5H3,(H,21,25)(H,22,26)(H3,19,20,23)/t12-,13-/m0/s1. The Morgan fingerprint density at radius 2 is 1.83 bits per heavy atom. The van der Waals surface area contributed by atoms with E-state index in [9.17, 15) is 29.8 Å². The SMILES string of the molecule is CC(C)C[C@H](NC(=O)[C@H](CCCN=C(N)N[N+](=O)[O-])NC(=O)CC(C)(C)C)B(O)O. The molecule has 0 radical (unpaired) electrons. The molecule has 0 rings (SSSR count). The topological polar surface area (TPSA) is 192 Å². The van der Waals surface area contributed by atoms with Gasteiger partial charge in [-0.1, -0.05) is 40.0 Å². The number of hydrogen-bond acceptors (Lipinski definition) is 7. The van der Waals surface area contributed by atoms with Crippen LogP contribution in [0.5, 0.6) is 0 Å². The number of amides is 2. The minimum atomic E-state index is -1.74. The minimum absolute atomic E-state index is 0.101. The van der Waals surface area contributed by atoms with Crippen LogP contribution in [-0.2, 0) is 9.59 Å². The molecule has 30 heavy (non-hydrogen) atoms. The third kappa shape index (κ3) is 13.7. The first-order valence-corrected chi connectivity index (χ1v) is 9.88. The van der Waals surface area contributed by atoms with Crippen LogP contribution in [0.4, 0.5) is 0 Å². The lowest BCUT2D eigenvalue weighted by molar-refractivity contribution is -0.525. The molecule has 0 aliphatic heterocycles. The second-order valence-electron chi connectivity index (χ2n) is 8.79. The van der Waals surface area contributed by atoms with Gasteiger partial charge in [-0.05, 0) is 30.6 Å². The van der Waals surface area contributed by atoms with E-state index in [1.807, 2.05) is 34.6 Å². The predicted octanol–water partition coefficient (Wildman–Crippen LogP) is -0.673. The first-order chi connectivity index (χ1) is 13.7. The van der Waals surface area contributed by atoms with Gasteiger partial charge in [-0.15, -0.1) is 0 Å². The average Bonchev–Trinajstić information content (AvgIpc) is 2.53. The van der Waals surface area contributed by atoms with Crippen LogP contribution in [0.3, 0.4) is 0 Å². The van der Waals surface area contributed by atoms with Gasteiger partial charge in [0.05, 0.1) is 5.94 Å². The second-order valence-corrected chi connectivity index (χ2v) is 8.79. The van der Waals surface area contributed by atoms with Crippen LogP contribution in [-0.4, -0.2) is 58.5 Å². The maximum absolute atomic E-state index is 12.7. The van der Waals surface area contributed by atoms with Crippen LogP contribution in [0.1, 0.15) is 60.3 Å². The molecule has 0 bridgehead atoms. The van der Waals surface area contributed by atoms with Gasteiger partial charge in [0.2, 0.25) is 11.8 Å². The van der Waals surface area contributed by atoms with Gasteiger partial charge in [-0.25, -0.2) is 15.1 Å². The fourth-order valence-corrected chi connectivity index (χ4v) is 2.67. The third-order valence-corrected chi connectivity index (χ3v) is 3.89. The van der Waals surface area contributed by atoms with Gasteiger partial charge in [0, 0.05) is 13.0 Å². The van der Waals surface area contributed by atoms with Crippen LogP contribution in [0.15, 0.2) is 4.99 Å². The lowest BCUT2D eigenvalue weighted by Crippen LogP contribution is -2.54. The second kappa shape index (κ2) is 13.0. The summed E-state index contributed by atoms with van der Waals surface area (Å²) >= 11 is 0. The van der Waals surface area contributed by atoms with Gasteiger partial charge in [0.1, 0.15) is 6.04 Å². The molecule has 0 spiro atoms. The van der Waals surface area contributed by atoms with E-state index in [4.69, 9.17) is 5.73 Å². The van der Waals surface area contributed by atoms with E-state index in [2.05, 4.69) is 15.6 Å². The molecular weight excluding hydrogens is 395 g/mol. The van der Waals surface area contributed by atoms with Gasteiger partial charge in [0.25, 0.3) is 5.96 Å². The Kier molecular flexibility index (Phi) is 12.0. The molecule has 12 nitrogen and oxygen atoms in total. The zero-order valence-electron chi connectivity index (χ0n) is 18.3. The summed E-state index contributed by atoms with van der Waals surface area (Å²) in [5, 5.41) is 33.8. The monoisotopic (exact) mass is 430 g/mol. The Bertz CT molecular complexity index is 608. The molecule has 0 aliphatic rings. The zero-order valence-corrected chi connectivity index (χ0v) is 18.3. The van der Waals surface area contributed by atoms with Gasteiger partial charge >= 0.3 is 7.12 Å². The molecule has 172 valence electrons. The Morgan fingerprint density at radius 1 is 1.23 bits per heavy atom. The molecule has 0 aromatic carbocycles. The Hall–Kier alpha value is -2.41. The molecule has 0 aromatic heterocycles. The minimum Gasteiger partial charge on any atom is -0.426 e. The Balaban J connectivity index is 5.10. The molecule has 0 fully saturated rings. The van der Waals surface area contributed by atoms with Crippen molar-refractivity contribution in [2.75, 3.05) is 6.54 Å². The van der Waals surface area contributed by atoms with Crippen molar-refractivity contribution in [3.05, 3.63) is 10.1 Å². The molecule has 13 heteroatoms. The lowest BCUT2D eigenvalue weighted by atomic mass is 9.75. The largest absolute Gasteiger partial charge is 0.475 e. The quantitative estimate of drug-likeness (QED) is 0.0586. The van der Waals surface area contributed by atoms with E-state index in [1.54, 1.807) is 5.43 Å². The molecular formula is C17H35BN6O6. The smallest absolute Gasteiger partial charge is 0.426 e. The molecule has 0 saturated heterocycles. The lowest BCUT2D eigenvalue weighted by Gasteiger charge is -2.25. The number of nitrogens with zero attached hydrogens (tertiary/aromatic N) is 2. The number of hydrogen-bond donors (Lipinski definition) is 6. The van der Waals surface area contributed by atoms with Crippen molar-refractivity contribution in [3.63, 3.8) is 0 Å². The number of rotatable bonds is 12. The number of nitrogens with one attached hydrogen (secondary N) is 3. The molecule has 7 N–H and O–H groups in total. The molecule has 0 heterocycles. The summed E-state index contributed by atoms with van der Waals surface area (Å²) in [5.41, 5.74) is 6.78. The molecule has 2 atom stereocenters. The maximum atomic E-state index is 12.7. The fourth-order valence-electron chi connectivity index (χ4n) is 2.67. The predicted molar refractivity (Wildman–Crippen MR) is 113 cm³/mol. The van der Waals surface area contributed by atoms with Crippen molar-refractivity contribution in [2.45, 2.75) is 72.3 Å². The number of hydrazine groups is 1.